The number of halogens is 1. The minimum atomic E-state index is -0.580. The second-order valence-corrected chi connectivity index (χ2v) is 8.73. The van der Waals surface area contributed by atoms with Gasteiger partial charge in [-0.25, -0.2) is 4.39 Å². The number of nitrogens with two attached hydrogens (primary N) is 1. The van der Waals surface area contributed by atoms with Crippen LogP contribution in [0, 0.1) is 11.2 Å². The maximum atomic E-state index is 13.6. The number of rotatable bonds is 5. The molecule has 2 N–H and O–H groups in total. The second kappa shape index (κ2) is 8.37. The molecule has 7 heteroatoms. The number of carbonyl (C=O) groups excluding carboxylic acids is 2. The number of carbonyl (C=O) groups is 2. The summed E-state index contributed by atoms with van der Waals surface area (Å²) in [6.07, 6.45) is 0.437. The van der Waals surface area contributed by atoms with E-state index in [1.165, 1.54) is 12.1 Å². The Bertz CT molecular complexity index is 893. The van der Waals surface area contributed by atoms with E-state index in [1.807, 2.05) is 26.8 Å². The molecule has 1 fully saturated rings. The van der Waals surface area contributed by atoms with Crippen molar-refractivity contribution < 1.29 is 18.4 Å². The zero-order valence-electron chi connectivity index (χ0n) is 17.2. The quantitative estimate of drug-likeness (QED) is 0.612. The Morgan fingerprint density at radius 1 is 1.10 bits per heavy atom. The molecule has 6 nitrogen and oxygen atoms in total. The average molecular weight is 401 g/mol. The van der Waals surface area contributed by atoms with Crippen LogP contribution < -0.4 is 5.73 Å². The Morgan fingerprint density at radius 2 is 1.79 bits per heavy atom. The van der Waals surface area contributed by atoms with E-state index in [0.717, 1.165) is 5.76 Å². The van der Waals surface area contributed by atoms with Crippen molar-refractivity contribution in [3.8, 4) is 0 Å². The van der Waals surface area contributed by atoms with E-state index in [2.05, 4.69) is 4.90 Å². The first kappa shape index (κ1) is 21.0. The number of nitrogens with zero attached hydrogens (tertiary/aromatic N) is 2. The van der Waals surface area contributed by atoms with E-state index in [4.69, 9.17) is 10.2 Å². The van der Waals surface area contributed by atoms with E-state index < -0.39 is 5.82 Å². The third-order valence-electron chi connectivity index (χ3n) is 4.91. The Hall–Kier alpha value is -2.67. The molecule has 1 aliphatic rings. The summed E-state index contributed by atoms with van der Waals surface area (Å²) in [4.78, 5) is 28.7. The largest absolute Gasteiger partial charge is 0.457 e. The molecule has 1 amide bonds. The van der Waals surface area contributed by atoms with E-state index >= 15 is 0 Å². The first-order valence-electron chi connectivity index (χ1n) is 9.81. The molecule has 0 spiro atoms. The molecule has 29 heavy (non-hydrogen) atoms. The maximum absolute atomic E-state index is 13.6. The van der Waals surface area contributed by atoms with E-state index in [-0.39, 0.29) is 22.8 Å². The molecule has 0 saturated carbocycles. The molecule has 1 saturated heterocycles. The van der Waals surface area contributed by atoms with Gasteiger partial charge in [0.1, 0.15) is 11.6 Å². The maximum Gasteiger partial charge on any atom is 0.254 e. The number of Topliss-reactive ketones (excluding diaryl/α,β-unsaturated/α-hetero) is 1. The summed E-state index contributed by atoms with van der Waals surface area (Å²) < 4.78 is 19.4. The van der Waals surface area contributed by atoms with E-state index in [1.54, 1.807) is 17.0 Å². The molecule has 0 aliphatic carbocycles. The number of amides is 1. The Morgan fingerprint density at radius 3 is 2.41 bits per heavy atom. The lowest BCUT2D eigenvalue weighted by Crippen LogP contribution is -2.48. The minimum absolute atomic E-state index is 0.00916. The lowest BCUT2D eigenvalue weighted by molar-refractivity contribution is 0.0617. The lowest BCUT2D eigenvalue weighted by atomic mass is 9.89. The Labute approximate surface area is 170 Å². The number of furan rings is 1. The van der Waals surface area contributed by atoms with Crippen molar-refractivity contribution in [2.24, 2.45) is 5.41 Å². The van der Waals surface area contributed by atoms with Crippen LogP contribution in [0.15, 0.2) is 34.7 Å². The molecule has 2 heterocycles. The number of piperazine rings is 1. The highest BCUT2D eigenvalue weighted by Crippen LogP contribution is 2.23. The molecule has 0 radical (unpaired) electrons. The van der Waals surface area contributed by atoms with E-state index in [0.29, 0.717) is 50.5 Å². The molecule has 0 bridgehead atoms. The fraction of sp³-hybridized carbons (Fsp3) is 0.455. The van der Waals surface area contributed by atoms with Gasteiger partial charge in [-0.3, -0.25) is 14.5 Å². The number of anilines is 1. The molecule has 2 aromatic rings. The average Bonchev–Trinajstić information content (AvgIpc) is 3.11. The zero-order chi connectivity index (χ0) is 21.2. The van der Waals surface area contributed by atoms with Gasteiger partial charge in [0.2, 0.25) is 0 Å². The number of benzene rings is 1. The summed E-state index contributed by atoms with van der Waals surface area (Å²) in [7, 11) is 0. The van der Waals surface area contributed by atoms with Gasteiger partial charge in [0.25, 0.3) is 5.91 Å². The van der Waals surface area contributed by atoms with Crippen LogP contribution in [-0.4, -0.2) is 47.7 Å². The summed E-state index contributed by atoms with van der Waals surface area (Å²) in [6, 6.07) is 7.72. The van der Waals surface area contributed by atoms with Crippen LogP contribution in [-0.2, 0) is 6.54 Å². The summed E-state index contributed by atoms with van der Waals surface area (Å²) in [6.45, 7) is 9.09. The normalized spacial score (nSPS) is 15.5. The van der Waals surface area contributed by atoms with Gasteiger partial charge in [0, 0.05) is 38.2 Å². The molecule has 0 unspecified atom stereocenters. The zero-order valence-corrected chi connectivity index (χ0v) is 17.2. The van der Waals surface area contributed by atoms with Crippen LogP contribution in [0.4, 0.5) is 10.1 Å². The highest BCUT2D eigenvalue weighted by molar-refractivity contribution is 5.95. The predicted molar refractivity (Wildman–Crippen MR) is 109 cm³/mol. The second-order valence-electron chi connectivity index (χ2n) is 8.73. The highest BCUT2D eigenvalue weighted by atomic mass is 19.1. The van der Waals surface area contributed by atoms with Crippen molar-refractivity contribution in [2.45, 2.75) is 33.7 Å². The highest BCUT2D eigenvalue weighted by Gasteiger charge is 2.24. The predicted octanol–water partition coefficient (Wildman–Crippen LogP) is 3.58. The number of hydrogen-bond acceptors (Lipinski definition) is 5. The summed E-state index contributed by atoms with van der Waals surface area (Å²) in [5, 5.41) is 0. The number of hydrogen-bond donors (Lipinski definition) is 1. The molecule has 3 rings (SSSR count). The van der Waals surface area contributed by atoms with Crippen LogP contribution in [0.1, 0.15) is 53.9 Å². The van der Waals surface area contributed by atoms with Crippen molar-refractivity contribution in [3.63, 3.8) is 0 Å². The van der Waals surface area contributed by atoms with Crippen LogP contribution in [0.3, 0.4) is 0 Å². The lowest BCUT2D eigenvalue weighted by Gasteiger charge is -2.34. The van der Waals surface area contributed by atoms with Crippen LogP contribution in [0.25, 0.3) is 0 Å². The van der Waals surface area contributed by atoms with Crippen LogP contribution >= 0.6 is 0 Å². The van der Waals surface area contributed by atoms with E-state index in [9.17, 15) is 14.0 Å². The number of ketones is 1. The van der Waals surface area contributed by atoms with Gasteiger partial charge in [-0.05, 0) is 35.7 Å². The summed E-state index contributed by atoms with van der Waals surface area (Å²) >= 11 is 0. The first-order valence-corrected chi connectivity index (χ1v) is 9.81. The first-order chi connectivity index (χ1) is 13.6. The smallest absolute Gasteiger partial charge is 0.254 e. The van der Waals surface area contributed by atoms with Crippen molar-refractivity contribution >= 4 is 17.4 Å². The Kier molecular flexibility index (Phi) is 6.07. The van der Waals surface area contributed by atoms with Crippen molar-refractivity contribution in [1.29, 1.82) is 0 Å². The van der Waals surface area contributed by atoms with Crippen molar-refractivity contribution in [1.82, 2.24) is 9.80 Å². The van der Waals surface area contributed by atoms with Crippen molar-refractivity contribution in [2.75, 3.05) is 31.9 Å². The molecular formula is C22H28FN3O3. The van der Waals surface area contributed by atoms with Gasteiger partial charge in [0.05, 0.1) is 12.2 Å². The molecule has 1 aromatic heterocycles. The standard InChI is InChI=1S/C22H28FN3O3/c1-22(2,3)13-19(27)20-7-5-16(29-20)14-25-8-10-26(11-9-25)21(28)15-4-6-18(24)17(23)12-15/h4-7,12H,8-11,13-14,24H2,1-3H3. The van der Waals surface area contributed by atoms with Gasteiger partial charge in [0.15, 0.2) is 11.5 Å². The Balaban J connectivity index is 1.53. The number of nitrogen functional groups attached to an aromatic ring is 1. The topological polar surface area (TPSA) is 79.8 Å². The third-order valence-corrected chi connectivity index (χ3v) is 4.91. The molecular weight excluding hydrogens is 373 g/mol. The van der Waals surface area contributed by atoms with Gasteiger partial charge < -0.3 is 15.1 Å². The third kappa shape index (κ3) is 5.44. The van der Waals surface area contributed by atoms with Crippen LogP contribution in [0.5, 0.6) is 0 Å². The fourth-order valence-electron chi connectivity index (χ4n) is 3.35. The minimum Gasteiger partial charge on any atom is -0.457 e. The van der Waals surface area contributed by atoms with Crippen LogP contribution in [0.2, 0.25) is 0 Å². The van der Waals surface area contributed by atoms with Crippen molar-refractivity contribution in [3.05, 3.63) is 53.2 Å². The molecule has 1 aliphatic heterocycles. The molecule has 156 valence electrons. The fourth-order valence-corrected chi connectivity index (χ4v) is 3.35. The molecule has 0 atom stereocenters. The summed E-state index contributed by atoms with van der Waals surface area (Å²) in [5.41, 5.74) is 5.73. The monoisotopic (exact) mass is 401 g/mol. The SMILES string of the molecule is CC(C)(C)CC(=O)c1ccc(CN2CCN(C(=O)c3ccc(N)c(F)c3)CC2)o1. The molecule has 1 aromatic carbocycles. The van der Waals surface area contributed by atoms with Gasteiger partial charge in [-0.15, -0.1) is 0 Å². The van der Waals surface area contributed by atoms with Gasteiger partial charge in [-0.2, -0.15) is 0 Å². The van der Waals surface area contributed by atoms with Gasteiger partial charge in [-0.1, -0.05) is 20.8 Å². The summed E-state index contributed by atoms with van der Waals surface area (Å²) in [5.74, 6) is 0.368. The van der Waals surface area contributed by atoms with Gasteiger partial charge >= 0.3 is 0 Å².